The number of pyridine rings is 1. The van der Waals surface area contributed by atoms with Gasteiger partial charge in [0.05, 0.1) is 21.2 Å². The Morgan fingerprint density at radius 3 is 2.84 bits per heavy atom. The van der Waals surface area contributed by atoms with E-state index in [1.54, 1.807) is 24.4 Å². The maximum atomic E-state index is 13.2. The number of hydrogen-bond donors (Lipinski definition) is 1. The summed E-state index contributed by atoms with van der Waals surface area (Å²) < 4.78 is 13.7. The number of benzene rings is 1. The van der Waals surface area contributed by atoms with E-state index in [4.69, 9.17) is 11.6 Å². The molecule has 0 saturated carbocycles. The molecule has 5 heteroatoms. The molecular formula is C14H13BrClFN2. The van der Waals surface area contributed by atoms with Crippen molar-refractivity contribution in [1.29, 1.82) is 0 Å². The van der Waals surface area contributed by atoms with Crippen LogP contribution in [0.5, 0.6) is 0 Å². The molecule has 0 aliphatic rings. The van der Waals surface area contributed by atoms with Gasteiger partial charge >= 0.3 is 0 Å². The van der Waals surface area contributed by atoms with Gasteiger partial charge in [0.15, 0.2) is 0 Å². The lowest BCUT2D eigenvalue weighted by atomic mass is 10.0. The first kappa shape index (κ1) is 14.4. The third-order valence-corrected chi connectivity index (χ3v) is 3.82. The van der Waals surface area contributed by atoms with E-state index in [0.29, 0.717) is 15.9 Å². The van der Waals surface area contributed by atoms with Gasteiger partial charge in [-0.25, -0.2) is 4.39 Å². The van der Waals surface area contributed by atoms with E-state index in [9.17, 15) is 4.39 Å². The Hall–Kier alpha value is -0.970. The smallest absolute Gasteiger partial charge is 0.137 e. The summed E-state index contributed by atoms with van der Waals surface area (Å²) >= 11 is 9.34. The molecule has 0 aliphatic carbocycles. The van der Waals surface area contributed by atoms with Crippen LogP contribution in [0.1, 0.15) is 17.3 Å². The molecule has 0 spiro atoms. The predicted molar refractivity (Wildman–Crippen MR) is 78.9 cm³/mol. The van der Waals surface area contributed by atoms with Crippen molar-refractivity contribution in [3.63, 3.8) is 0 Å². The van der Waals surface area contributed by atoms with Crippen LogP contribution in [0, 0.1) is 5.82 Å². The summed E-state index contributed by atoms with van der Waals surface area (Å²) in [6, 6.07) is 8.59. The normalized spacial score (nSPS) is 12.4. The van der Waals surface area contributed by atoms with Gasteiger partial charge in [0.25, 0.3) is 0 Å². The van der Waals surface area contributed by atoms with Crippen molar-refractivity contribution in [2.75, 3.05) is 7.05 Å². The van der Waals surface area contributed by atoms with Crippen molar-refractivity contribution in [2.45, 2.75) is 12.5 Å². The van der Waals surface area contributed by atoms with E-state index in [-0.39, 0.29) is 11.9 Å². The maximum absolute atomic E-state index is 13.2. The number of hydrogen-bond acceptors (Lipinski definition) is 2. The molecular weight excluding hydrogens is 331 g/mol. The second kappa shape index (κ2) is 6.46. The Labute approximate surface area is 125 Å². The Balaban J connectivity index is 2.24. The highest BCUT2D eigenvalue weighted by Crippen LogP contribution is 2.25. The zero-order valence-electron chi connectivity index (χ0n) is 10.3. The molecule has 0 amide bonds. The van der Waals surface area contributed by atoms with E-state index in [1.807, 2.05) is 13.1 Å². The minimum atomic E-state index is -0.263. The molecule has 0 aliphatic heterocycles. The predicted octanol–water partition coefficient (Wildman–Crippen LogP) is 4.14. The van der Waals surface area contributed by atoms with Gasteiger partial charge in [0.2, 0.25) is 0 Å². The van der Waals surface area contributed by atoms with Crippen LogP contribution in [0.25, 0.3) is 0 Å². The molecule has 1 unspecified atom stereocenters. The maximum Gasteiger partial charge on any atom is 0.137 e. The Kier molecular flexibility index (Phi) is 4.91. The van der Waals surface area contributed by atoms with Crippen molar-refractivity contribution in [3.8, 4) is 0 Å². The van der Waals surface area contributed by atoms with Gasteiger partial charge in [-0.3, -0.25) is 4.98 Å². The quantitative estimate of drug-likeness (QED) is 0.902. The molecule has 1 heterocycles. The molecule has 0 radical (unpaired) electrons. The number of halogens is 3. The van der Waals surface area contributed by atoms with Crippen LogP contribution in [-0.4, -0.2) is 12.0 Å². The molecule has 2 rings (SSSR count). The average molecular weight is 344 g/mol. The van der Waals surface area contributed by atoms with Crippen LogP contribution < -0.4 is 5.32 Å². The molecule has 19 heavy (non-hydrogen) atoms. The second-order valence-corrected chi connectivity index (χ2v) is 5.43. The molecule has 0 bridgehead atoms. The zero-order chi connectivity index (χ0) is 13.8. The van der Waals surface area contributed by atoms with Gasteiger partial charge in [-0.05, 0) is 59.2 Å². The highest BCUT2D eigenvalue weighted by Gasteiger charge is 2.15. The van der Waals surface area contributed by atoms with Crippen molar-refractivity contribution < 1.29 is 4.39 Å². The molecule has 1 aromatic heterocycles. The Morgan fingerprint density at radius 2 is 2.21 bits per heavy atom. The summed E-state index contributed by atoms with van der Waals surface area (Å²) in [5, 5.41) is 3.81. The molecule has 100 valence electrons. The molecule has 1 aromatic carbocycles. The third kappa shape index (κ3) is 3.53. The summed E-state index contributed by atoms with van der Waals surface area (Å²) in [5.74, 6) is -0.263. The Bertz CT molecular complexity index is 577. The number of nitrogens with one attached hydrogen (secondary N) is 1. The lowest BCUT2D eigenvalue weighted by molar-refractivity contribution is 0.573. The van der Waals surface area contributed by atoms with E-state index in [1.165, 1.54) is 6.07 Å². The second-order valence-electron chi connectivity index (χ2n) is 4.16. The summed E-state index contributed by atoms with van der Waals surface area (Å²) in [7, 11) is 1.86. The van der Waals surface area contributed by atoms with Gasteiger partial charge in [0.1, 0.15) is 5.82 Å². The Morgan fingerprint density at radius 1 is 1.42 bits per heavy atom. The van der Waals surface area contributed by atoms with Crippen LogP contribution >= 0.6 is 27.5 Å². The summed E-state index contributed by atoms with van der Waals surface area (Å²) in [5.41, 5.74) is 1.81. The van der Waals surface area contributed by atoms with Gasteiger partial charge in [-0.1, -0.05) is 17.7 Å². The molecule has 2 nitrogen and oxygen atoms in total. The average Bonchev–Trinajstić information content (AvgIpc) is 2.41. The van der Waals surface area contributed by atoms with Gasteiger partial charge < -0.3 is 5.32 Å². The summed E-state index contributed by atoms with van der Waals surface area (Å²) in [6.45, 7) is 0. The minimum absolute atomic E-state index is 0.00828. The van der Waals surface area contributed by atoms with E-state index in [0.717, 1.165) is 11.3 Å². The zero-order valence-corrected chi connectivity index (χ0v) is 12.7. The highest BCUT2D eigenvalue weighted by atomic mass is 79.9. The van der Waals surface area contributed by atoms with Crippen LogP contribution in [-0.2, 0) is 6.42 Å². The first-order chi connectivity index (χ1) is 9.11. The van der Waals surface area contributed by atoms with E-state index < -0.39 is 0 Å². The fourth-order valence-electron chi connectivity index (χ4n) is 1.89. The lowest BCUT2D eigenvalue weighted by Crippen LogP contribution is -2.20. The van der Waals surface area contributed by atoms with Crippen molar-refractivity contribution in [3.05, 3.63) is 63.1 Å². The van der Waals surface area contributed by atoms with Gasteiger partial charge in [-0.15, -0.1) is 0 Å². The van der Waals surface area contributed by atoms with Gasteiger partial charge in [0, 0.05) is 6.20 Å². The number of aromatic nitrogens is 1. The fraction of sp³-hybridized carbons (Fsp3) is 0.214. The summed E-state index contributed by atoms with van der Waals surface area (Å²) in [6.07, 6.45) is 2.40. The number of nitrogens with zero attached hydrogens (tertiary/aromatic N) is 1. The monoisotopic (exact) mass is 342 g/mol. The molecule has 1 N–H and O–H groups in total. The summed E-state index contributed by atoms with van der Waals surface area (Å²) in [4.78, 5) is 4.31. The number of rotatable bonds is 4. The first-order valence-electron chi connectivity index (χ1n) is 5.83. The molecule has 0 saturated heterocycles. The minimum Gasteiger partial charge on any atom is -0.311 e. The van der Waals surface area contributed by atoms with E-state index in [2.05, 4.69) is 26.2 Å². The largest absolute Gasteiger partial charge is 0.311 e. The molecule has 1 atom stereocenters. The van der Waals surface area contributed by atoms with Crippen molar-refractivity contribution in [1.82, 2.24) is 10.3 Å². The number of likely N-dealkylation sites (N-methyl/N-ethyl adjacent to an activating group) is 1. The standard InChI is InChI=1S/C14H13BrClFN2/c1-18-13(14-11(16)3-2-6-19-14)8-9-4-5-12(17)10(15)7-9/h2-7,13,18H,8H2,1H3. The van der Waals surface area contributed by atoms with E-state index >= 15 is 0 Å². The van der Waals surface area contributed by atoms with Crippen LogP contribution in [0.2, 0.25) is 5.02 Å². The molecule has 2 aromatic rings. The highest BCUT2D eigenvalue weighted by molar-refractivity contribution is 9.10. The van der Waals surface area contributed by atoms with Crippen LogP contribution in [0.4, 0.5) is 4.39 Å². The fourth-order valence-corrected chi connectivity index (χ4v) is 2.57. The topological polar surface area (TPSA) is 24.9 Å². The van der Waals surface area contributed by atoms with Gasteiger partial charge in [-0.2, -0.15) is 0 Å². The van der Waals surface area contributed by atoms with Crippen molar-refractivity contribution >= 4 is 27.5 Å². The third-order valence-electron chi connectivity index (χ3n) is 2.89. The first-order valence-corrected chi connectivity index (χ1v) is 7.00. The van der Waals surface area contributed by atoms with Crippen LogP contribution in [0.15, 0.2) is 41.0 Å². The van der Waals surface area contributed by atoms with Crippen molar-refractivity contribution in [2.24, 2.45) is 0 Å². The van der Waals surface area contributed by atoms with Crippen LogP contribution in [0.3, 0.4) is 0 Å². The SMILES string of the molecule is CNC(Cc1ccc(F)c(Br)c1)c1ncccc1Cl. The lowest BCUT2D eigenvalue weighted by Gasteiger charge is -2.17. The molecule has 0 fully saturated rings.